The highest BCUT2D eigenvalue weighted by Gasteiger charge is 2.18. The second kappa shape index (κ2) is 6.34. The molecule has 0 aromatic carbocycles. The van der Waals surface area contributed by atoms with Gasteiger partial charge in [-0.15, -0.1) is 0 Å². The summed E-state index contributed by atoms with van der Waals surface area (Å²) in [6, 6.07) is 2.16. The van der Waals surface area contributed by atoms with E-state index in [9.17, 15) is 0 Å². The van der Waals surface area contributed by atoms with Crippen LogP contribution in [-0.4, -0.2) is 41.9 Å². The lowest BCUT2D eigenvalue weighted by Crippen LogP contribution is -2.37. The molecule has 0 spiro atoms. The van der Waals surface area contributed by atoms with Gasteiger partial charge in [0.1, 0.15) is 0 Å². The van der Waals surface area contributed by atoms with Crippen LogP contribution in [0.5, 0.6) is 0 Å². The van der Waals surface area contributed by atoms with E-state index in [1.54, 1.807) is 0 Å². The molecule has 4 nitrogen and oxygen atoms in total. The van der Waals surface area contributed by atoms with Crippen molar-refractivity contribution in [2.45, 2.75) is 40.8 Å². The van der Waals surface area contributed by atoms with Crippen molar-refractivity contribution >= 4 is 0 Å². The van der Waals surface area contributed by atoms with Crippen LogP contribution in [0.2, 0.25) is 0 Å². The Morgan fingerprint density at radius 2 is 2.06 bits per heavy atom. The molecule has 0 radical (unpaired) electrons. The molecule has 104 valence electrons. The molecule has 0 saturated heterocycles. The van der Waals surface area contributed by atoms with Gasteiger partial charge in [0, 0.05) is 26.2 Å². The topological polar surface area (TPSA) is 33.1 Å². The standard InChI is InChI=1S/C14H28N4/c1-7-18-13(8-12(2)16-18)9-15-10-14(3,4)11-17(5)6/h8,15H,7,9-11H2,1-6H3. The Hall–Kier alpha value is -0.870. The van der Waals surface area contributed by atoms with E-state index in [4.69, 9.17) is 0 Å². The molecule has 0 amide bonds. The van der Waals surface area contributed by atoms with E-state index in [0.29, 0.717) is 0 Å². The highest BCUT2D eigenvalue weighted by Crippen LogP contribution is 2.14. The van der Waals surface area contributed by atoms with E-state index >= 15 is 0 Å². The van der Waals surface area contributed by atoms with Crippen molar-refractivity contribution < 1.29 is 0 Å². The Labute approximate surface area is 111 Å². The summed E-state index contributed by atoms with van der Waals surface area (Å²) >= 11 is 0. The Balaban J connectivity index is 2.45. The van der Waals surface area contributed by atoms with Crippen LogP contribution in [0.3, 0.4) is 0 Å². The number of rotatable bonds is 7. The fourth-order valence-corrected chi connectivity index (χ4v) is 2.46. The van der Waals surface area contributed by atoms with Crippen molar-refractivity contribution in [3.63, 3.8) is 0 Å². The molecule has 0 aliphatic heterocycles. The maximum atomic E-state index is 4.46. The Bertz CT molecular complexity index is 366. The summed E-state index contributed by atoms with van der Waals surface area (Å²) < 4.78 is 2.07. The molecular formula is C14H28N4. The molecule has 0 saturated carbocycles. The van der Waals surface area contributed by atoms with Gasteiger partial charge in [0.25, 0.3) is 0 Å². The van der Waals surface area contributed by atoms with E-state index in [0.717, 1.165) is 31.9 Å². The number of hydrogen-bond donors (Lipinski definition) is 1. The quantitative estimate of drug-likeness (QED) is 0.804. The summed E-state index contributed by atoms with van der Waals surface area (Å²) in [4.78, 5) is 2.24. The first-order valence-electron chi connectivity index (χ1n) is 6.73. The van der Waals surface area contributed by atoms with E-state index in [2.05, 4.69) is 60.9 Å². The van der Waals surface area contributed by atoms with Gasteiger partial charge in [0.05, 0.1) is 11.4 Å². The largest absolute Gasteiger partial charge is 0.311 e. The molecule has 1 aromatic heterocycles. The minimum absolute atomic E-state index is 0.287. The van der Waals surface area contributed by atoms with E-state index in [-0.39, 0.29) is 5.41 Å². The zero-order chi connectivity index (χ0) is 13.8. The fraction of sp³-hybridized carbons (Fsp3) is 0.786. The molecule has 0 unspecified atom stereocenters. The van der Waals surface area contributed by atoms with Gasteiger partial charge in [-0.25, -0.2) is 0 Å². The Kier molecular flexibility index (Phi) is 5.35. The third-order valence-electron chi connectivity index (χ3n) is 2.94. The molecule has 0 aliphatic carbocycles. The molecule has 0 atom stereocenters. The van der Waals surface area contributed by atoms with Gasteiger partial charge in [-0.2, -0.15) is 5.10 Å². The number of aromatic nitrogens is 2. The molecule has 0 bridgehead atoms. The molecule has 0 aliphatic rings. The van der Waals surface area contributed by atoms with E-state index in [1.807, 2.05) is 6.92 Å². The summed E-state index contributed by atoms with van der Waals surface area (Å²) in [5.41, 5.74) is 2.66. The summed E-state index contributed by atoms with van der Waals surface area (Å²) in [6.07, 6.45) is 0. The molecular weight excluding hydrogens is 224 g/mol. The van der Waals surface area contributed by atoms with Gasteiger partial charge in [-0.3, -0.25) is 4.68 Å². The summed E-state index contributed by atoms with van der Waals surface area (Å²) in [7, 11) is 4.24. The highest BCUT2D eigenvalue weighted by molar-refractivity contribution is 5.08. The zero-order valence-corrected chi connectivity index (χ0v) is 12.7. The smallest absolute Gasteiger partial charge is 0.0597 e. The van der Waals surface area contributed by atoms with Crippen LogP contribution in [0, 0.1) is 12.3 Å². The first-order valence-corrected chi connectivity index (χ1v) is 6.73. The van der Waals surface area contributed by atoms with Crippen molar-refractivity contribution in [1.29, 1.82) is 0 Å². The minimum Gasteiger partial charge on any atom is -0.311 e. The van der Waals surface area contributed by atoms with Crippen LogP contribution < -0.4 is 5.32 Å². The highest BCUT2D eigenvalue weighted by atomic mass is 15.3. The van der Waals surface area contributed by atoms with Crippen molar-refractivity contribution in [2.75, 3.05) is 27.2 Å². The molecule has 18 heavy (non-hydrogen) atoms. The predicted octanol–water partition coefficient (Wildman–Crippen LogP) is 1.89. The second-order valence-corrected chi connectivity index (χ2v) is 6.10. The Morgan fingerprint density at radius 1 is 1.39 bits per heavy atom. The summed E-state index contributed by atoms with van der Waals surface area (Å²) in [6.45, 7) is 12.7. The van der Waals surface area contributed by atoms with Crippen molar-refractivity contribution in [3.8, 4) is 0 Å². The maximum absolute atomic E-state index is 4.46. The number of nitrogens with one attached hydrogen (secondary N) is 1. The van der Waals surface area contributed by atoms with Crippen molar-refractivity contribution in [1.82, 2.24) is 20.0 Å². The van der Waals surface area contributed by atoms with Crippen LogP contribution >= 0.6 is 0 Å². The monoisotopic (exact) mass is 252 g/mol. The Morgan fingerprint density at radius 3 is 2.61 bits per heavy atom. The number of hydrogen-bond acceptors (Lipinski definition) is 3. The first kappa shape index (κ1) is 15.2. The fourth-order valence-electron chi connectivity index (χ4n) is 2.46. The molecule has 1 heterocycles. The van der Waals surface area contributed by atoms with Gasteiger partial charge in [-0.1, -0.05) is 13.8 Å². The number of nitrogens with zero attached hydrogens (tertiary/aromatic N) is 3. The van der Waals surface area contributed by atoms with Crippen LogP contribution in [0.25, 0.3) is 0 Å². The third kappa shape index (κ3) is 4.78. The second-order valence-electron chi connectivity index (χ2n) is 6.10. The summed E-state index contributed by atoms with van der Waals surface area (Å²) in [5.74, 6) is 0. The average Bonchev–Trinajstić information content (AvgIpc) is 2.56. The molecule has 0 fully saturated rings. The normalized spacial score (nSPS) is 12.4. The van der Waals surface area contributed by atoms with Crippen LogP contribution in [0.4, 0.5) is 0 Å². The van der Waals surface area contributed by atoms with Crippen LogP contribution in [0.15, 0.2) is 6.07 Å². The van der Waals surface area contributed by atoms with E-state index < -0.39 is 0 Å². The lowest BCUT2D eigenvalue weighted by atomic mass is 9.93. The average molecular weight is 252 g/mol. The molecule has 1 aromatic rings. The zero-order valence-electron chi connectivity index (χ0n) is 12.7. The lowest BCUT2D eigenvalue weighted by molar-refractivity contribution is 0.231. The van der Waals surface area contributed by atoms with Crippen molar-refractivity contribution in [3.05, 3.63) is 17.5 Å². The molecule has 4 heteroatoms. The SMILES string of the molecule is CCn1nc(C)cc1CNCC(C)(C)CN(C)C. The van der Waals surface area contributed by atoms with Crippen LogP contribution in [0.1, 0.15) is 32.2 Å². The van der Waals surface area contributed by atoms with Gasteiger partial charge in [-0.05, 0) is 39.4 Å². The predicted molar refractivity (Wildman–Crippen MR) is 76.7 cm³/mol. The molecule has 1 rings (SSSR count). The molecule has 1 N–H and O–H groups in total. The van der Waals surface area contributed by atoms with Gasteiger partial charge < -0.3 is 10.2 Å². The van der Waals surface area contributed by atoms with Gasteiger partial charge in [0.2, 0.25) is 0 Å². The van der Waals surface area contributed by atoms with Crippen molar-refractivity contribution in [2.24, 2.45) is 5.41 Å². The first-order chi connectivity index (χ1) is 8.34. The van der Waals surface area contributed by atoms with E-state index in [1.165, 1.54) is 5.69 Å². The maximum Gasteiger partial charge on any atom is 0.0597 e. The summed E-state index contributed by atoms with van der Waals surface area (Å²) in [5, 5.41) is 8.01. The van der Waals surface area contributed by atoms with Gasteiger partial charge >= 0.3 is 0 Å². The minimum atomic E-state index is 0.287. The third-order valence-corrected chi connectivity index (χ3v) is 2.94. The number of aryl methyl sites for hydroxylation is 2. The lowest BCUT2D eigenvalue weighted by Gasteiger charge is -2.28. The van der Waals surface area contributed by atoms with Gasteiger partial charge in [0.15, 0.2) is 0 Å². The van der Waals surface area contributed by atoms with Crippen LogP contribution in [-0.2, 0) is 13.1 Å².